The van der Waals surface area contributed by atoms with Gasteiger partial charge in [0.2, 0.25) is 0 Å². The smallest absolute Gasteiger partial charge is 0.269 e. The monoisotopic (exact) mass is 455 g/mol. The van der Waals surface area contributed by atoms with Crippen LogP contribution in [-0.4, -0.2) is 29.1 Å². The molecule has 154 valence electrons. The first-order chi connectivity index (χ1) is 14.6. The standard InChI is InChI=1S/C23H22ClN3OS2/c1-26-18-12-5-6-13-19(18)29-22(26)20-21(28)27(17-10-3-2-4-11-17)23(30-20)25-16-9-7-8-15(24)14-16/h5-9,12-14,17H,2-4,10-11H2,1H3. The van der Waals surface area contributed by atoms with Crippen molar-refractivity contribution >= 4 is 57.6 Å². The summed E-state index contributed by atoms with van der Waals surface area (Å²) in [4.78, 5) is 24.5. The van der Waals surface area contributed by atoms with Crippen LogP contribution in [0.4, 0.5) is 11.4 Å². The van der Waals surface area contributed by atoms with Crippen molar-refractivity contribution in [2.75, 3.05) is 11.9 Å². The van der Waals surface area contributed by atoms with Gasteiger partial charge in [-0.05, 0) is 54.9 Å². The van der Waals surface area contributed by atoms with Gasteiger partial charge in [-0.2, -0.15) is 0 Å². The van der Waals surface area contributed by atoms with E-state index in [2.05, 4.69) is 17.0 Å². The molecule has 2 fully saturated rings. The van der Waals surface area contributed by atoms with Crippen LogP contribution in [0.5, 0.6) is 0 Å². The SMILES string of the molecule is CN1C(=C2SC(=Nc3cccc(Cl)c3)N(C3CCCCC3)C2=O)Sc2ccccc21. The van der Waals surface area contributed by atoms with E-state index in [1.54, 1.807) is 11.8 Å². The lowest BCUT2D eigenvalue weighted by Crippen LogP contribution is -2.40. The molecule has 5 rings (SSSR count). The second-order valence-corrected chi connectivity index (χ2v) is 10.2. The molecule has 1 saturated carbocycles. The maximum absolute atomic E-state index is 13.7. The normalized spacial score (nSPS) is 23.5. The first-order valence-electron chi connectivity index (χ1n) is 10.2. The van der Waals surface area contributed by atoms with Gasteiger partial charge in [-0.3, -0.25) is 9.69 Å². The maximum Gasteiger partial charge on any atom is 0.269 e. The molecule has 3 aliphatic rings. The predicted octanol–water partition coefficient (Wildman–Crippen LogP) is 6.65. The molecule has 0 unspecified atom stereocenters. The summed E-state index contributed by atoms with van der Waals surface area (Å²) in [5, 5.41) is 2.40. The van der Waals surface area contributed by atoms with Crippen molar-refractivity contribution in [2.45, 2.75) is 43.0 Å². The Bertz CT molecular complexity index is 1060. The molecule has 2 aromatic carbocycles. The largest absolute Gasteiger partial charge is 0.337 e. The van der Waals surface area contributed by atoms with Crippen molar-refractivity contribution in [3.8, 4) is 0 Å². The van der Waals surface area contributed by atoms with Gasteiger partial charge in [0.1, 0.15) is 4.91 Å². The van der Waals surface area contributed by atoms with Gasteiger partial charge < -0.3 is 4.90 Å². The van der Waals surface area contributed by atoms with Crippen LogP contribution < -0.4 is 4.90 Å². The number of carbonyl (C=O) groups excluding carboxylic acids is 1. The number of halogens is 1. The fourth-order valence-electron chi connectivity index (χ4n) is 4.21. The molecule has 0 bridgehead atoms. The fourth-order valence-corrected chi connectivity index (χ4v) is 6.80. The highest BCUT2D eigenvalue weighted by Crippen LogP contribution is 2.50. The molecule has 1 aliphatic carbocycles. The second kappa shape index (κ2) is 8.33. The Hall–Kier alpha value is -1.89. The summed E-state index contributed by atoms with van der Waals surface area (Å²) in [7, 11) is 2.03. The minimum absolute atomic E-state index is 0.0786. The average molecular weight is 456 g/mol. The van der Waals surface area contributed by atoms with Crippen LogP contribution in [0.1, 0.15) is 32.1 Å². The van der Waals surface area contributed by atoms with E-state index in [0.29, 0.717) is 5.02 Å². The summed E-state index contributed by atoms with van der Waals surface area (Å²) in [5.74, 6) is 0.0786. The van der Waals surface area contributed by atoms with Crippen LogP contribution in [0.2, 0.25) is 5.02 Å². The van der Waals surface area contributed by atoms with Crippen molar-refractivity contribution in [1.29, 1.82) is 0 Å². The topological polar surface area (TPSA) is 35.9 Å². The maximum atomic E-state index is 13.7. The lowest BCUT2D eigenvalue weighted by atomic mass is 9.94. The van der Waals surface area contributed by atoms with Crippen LogP contribution in [0, 0.1) is 0 Å². The zero-order valence-electron chi connectivity index (χ0n) is 16.7. The first-order valence-corrected chi connectivity index (χ1v) is 12.2. The third kappa shape index (κ3) is 3.66. The van der Waals surface area contributed by atoms with Gasteiger partial charge in [0.15, 0.2) is 5.17 Å². The number of anilines is 1. The van der Waals surface area contributed by atoms with Crippen molar-refractivity contribution in [3.05, 3.63) is 63.5 Å². The molecule has 7 heteroatoms. The van der Waals surface area contributed by atoms with E-state index >= 15 is 0 Å². The molecule has 4 nitrogen and oxygen atoms in total. The Labute approximate surface area is 190 Å². The lowest BCUT2D eigenvalue weighted by Gasteiger charge is -2.30. The van der Waals surface area contributed by atoms with Crippen molar-refractivity contribution < 1.29 is 4.79 Å². The molecule has 2 aromatic rings. The van der Waals surface area contributed by atoms with Crippen LogP contribution in [0.15, 0.2) is 68.4 Å². The van der Waals surface area contributed by atoms with E-state index in [4.69, 9.17) is 16.6 Å². The van der Waals surface area contributed by atoms with Gasteiger partial charge in [0.05, 0.1) is 16.4 Å². The van der Waals surface area contributed by atoms with Crippen LogP contribution >= 0.6 is 35.1 Å². The van der Waals surface area contributed by atoms with E-state index in [1.165, 1.54) is 23.1 Å². The minimum atomic E-state index is 0.0786. The van der Waals surface area contributed by atoms with E-state index < -0.39 is 0 Å². The van der Waals surface area contributed by atoms with Crippen molar-refractivity contribution in [2.24, 2.45) is 4.99 Å². The minimum Gasteiger partial charge on any atom is -0.337 e. The van der Waals surface area contributed by atoms with Gasteiger partial charge in [-0.15, -0.1) is 0 Å². The third-order valence-corrected chi connectivity index (χ3v) is 8.36. The van der Waals surface area contributed by atoms with Crippen LogP contribution in [-0.2, 0) is 4.79 Å². The average Bonchev–Trinajstić information content (AvgIpc) is 3.25. The number of fused-ring (bicyclic) bond motifs is 1. The molecule has 0 spiro atoms. The highest BCUT2D eigenvalue weighted by Gasteiger charge is 2.42. The quantitative estimate of drug-likeness (QED) is 0.475. The van der Waals surface area contributed by atoms with Crippen LogP contribution in [0.25, 0.3) is 0 Å². The number of carbonyl (C=O) groups is 1. The molecular weight excluding hydrogens is 434 g/mol. The Morgan fingerprint density at radius 2 is 1.83 bits per heavy atom. The van der Waals surface area contributed by atoms with Gasteiger partial charge in [0.25, 0.3) is 5.91 Å². The number of thioether (sulfide) groups is 2. The second-order valence-electron chi connectivity index (χ2n) is 7.71. The number of nitrogens with zero attached hydrogens (tertiary/aromatic N) is 3. The molecule has 30 heavy (non-hydrogen) atoms. The zero-order valence-corrected chi connectivity index (χ0v) is 19.1. The molecule has 0 atom stereocenters. The Balaban J connectivity index is 1.56. The Morgan fingerprint density at radius 1 is 1.03 bits per heavy atom. The summed E-state index contributed by atoms with van der Waals surface area (Å²) >= 11 is 9.33. The Morgan fingerprint density at radius 3 is 2.60 bits per heavy atom. The highest BCUT2D eigenvalue weighted by atomic mass is 35.5. The molecule has 2 heterocycles. The lowest BCUT2D eigenvalue weighted by molar-refractivity contribution is -0.124. The third-order valence-electron chi connectivity index (χ3n) is 5.72. The van der Waals surface area contributed by atoms with Crippen LogP contribution in [0.3, 0.4) is 0 Å². The summed E-state index contributed by atoms with van der Waals surface area (Å²) in [6.07, 6.45) is 5.64. The van der Waals surface area contributed by atoms with Gasteiger partial charge in [-0.25, -0.2) is 4.99 Å². The summed E-state index contributed by atoms with van der Waals surface area (Å²) < 4.78 is 0. The number of amidine groups is 1. The molecule has 2 aliphatic heterocycles. The number of benzene rings is 2. The van der Waals surface area contributed by atoms with Gasteiger partial charge in [0, 0.05) is 23.0 Å². The number of hydrogen-bond acceptors (Lipinski definition) is 5. The number of hydrogen-bond donors (Lipinski definition) is 0. The molecule has 1 saturated heterocycles. The molecular formula is C23H22ClN3OS2. The summed E-state index contributed by atoms with van der Waals surface area (Å²) in [5.41, 5.74) is 1.92. The Kier molecular flexibility index (Phi) is 5.56. The number of aliphatic imine (C=N–C) groups is 1. The zero-order chi connectivity index (χ0) is 20.7. The van der Waals surface area contributed by atoms with Gasteiger partial charge in [-0.1, -0.05) is 60.8 Å². The van der Waals surface area contributed by atoms with E-state index in [1.807, 2.05) is 48.3 Å². The number of amides is 1. The summed E-state index contributed by atoms with van der Waals surface area (Å²) in [6.45, 7) is 0. The van der Waals surface area contributed by atoms with E-state index in [-0.39, 0.29) is 11.9 Å². The molecule has 1 amide bonds. The van der Waals surface area contributed by atoms with E-state index in [0.717, 1.165) is 52.2 Å². The predicted molar refractivity (Wildman–Crippen MR) is 128 cm³/mol. The molecule has 0 N–H and O–H groups in total. The molecule has 0 radical (unpaired) electrons. The number of para-hydroxylation sites is 1. The molecule has 0 aromatic heterocycles. The highest BCUT2D eigenvalue weighted by molar-refractivity contribution is 8.19. The fraction of sp³-hybridized carbons (Fsp3) is 0.304. The van der Waals surface area contributed by atoms with Crippen molar-refractivity contribution in [3.63, 3.8) is 0 Å². The number of rotatable bonds is 2. The van der Waals surface area contributed by atoms with E-state index in [9.17, 15) is 4.79 Å². The van der Waals surface area contributed by atoms with Gasteiger partial charge >= 0.3 is 0 Å². The van der Waals surface area contributed by atoms with Crippen molar-refractivity contribution in [1.82, 2.24) is 4.90 Å². The summed E-state index contributed by atoms with van der Waals surface area (Å²) in [6, 6.07) is 16.0. The first kappa shape index (κ1) is 20.0.